The predicted octanol–water partition coefficient (Wildman–Crippen LogP) is 4.93. The highest BCUT2D eigenvalue weighted by molar-refractivity contribution is 6.34. The van der Waals surface area contributed by atoms with Gasteiger partial charge >= 0.3 is 11.9 Å². The largest absolute Gasteiger partial charge is 0.423 e. The minimum absolute atomic E-state index is 0.0181. The number of amides is 2. The van der Waals surface area contributed by atoms with Crippen molar-refractivity contribution in [3.05, 3.63) is 125 Å². The summed E-state index contributed by atoms with van der Waals surface area (Å²) in [5, 5.41) is 0. The molecule has 35 heavy (non-hydrogen) atoms. The van der Waals surface area contributed by atoms with Crippen molar-refractivity contribution in [3.63, 3.8) is 0 Å². The molecule has 0 saturated heterocycles. The van der Waals surface area contributed by atoms with Crippen molar-refractivity contribution in [3.8, 4) is 11.5 Å². The van der Waals surface area contributed by atoms with Crippen molar-refractivity contribution < 1.29 is 28.7 Å². The van der Waals surface area contributed by atoms with E-state index in [-0.39, 0.29) is 22.6 Å². The first kappa shape index (κ1) is 21.8. The van der Waals surface area contributed by atoms with E-state index in [0.29, 0.717) is 16.9 Å². The maximum atomic E-state index is 12.9. The van der Waals surface area contributed by atoms with Gasteiger partial charge in [-0.2, -0.15) is 0 Å². The molecule has 4 aromatic carbocycles. The smallest absolute Gasteiger partial charge is 0.347 e. The minimum Gasteiger partial charge on any atom is -0.423 e. The average molecular weight is 463 g/mol. The fraction of sp³-hybridized carbons (Fsp3) is 0. The molecule has 2 amide bonds. The molecule has 0 radical (unpaired) electrons. The zero-order valence-corrected chi connectivity index (χ0v) is 18.2. The molecule has 1 heterocycles. The Morgan fingerprint density at radius 3 is 1.94 bits per heavy atom. The zero-order chi connectivity index (χ0) is 24.4. The van der Waals surface area contributed by atoms with Crippen LogP contribution in [0.15, 0.2) is 103 Å². The van der Waals surface area contributed by atoms with E-state index < -0.39 is 23.8 Å². The summed E-state index contributed by atoms with van der Waals surface area (Å²) in [6.07, 6.45) is 0. The average Bonchev–Trinajstić information content (AvgIpc) is 3.15. The van der Waals surface area contributed by atoms with E-state index in [0.717, 1.165) is 4.90 Å². The van der Waals surface area contributed by atoms with Crippen LogP contribution in [0.25, 0.3) is 0 Å². The first-order valence-electron chi connectivity index (χ1n) is 10.7. The number of carbonyl (C=O) groups excluding carboxylic acids is 4. The predicted molar refractivity (Wildman–Crippen MR) is 127 cm³/mol. The van der Waals surface area contributed by atoms with Crippen molar-refractivity contribution in [2.45, 2.75) is 0 Å². The second-order valence-corrected chi connectivity index (χ2v) is 7.63. The lowest BCUT2D eigenvalue weighted by Crippen LogP contribution is -2.29. The Morgan fingerprint density at radius 2 is 1.23 bits per heavy atom. The molecular weight excluding hydrogens is 446 g/mol. The number of fused-ring (bicyclic) bond motifs is 1. The van der Waals surface area contributed by atoms with Crippen LogP contribution in [0.4, 0.5) is 5.69 Å². The Kier molecular flexibility index (Phi) is 5.65. The molecule has 1 aliphatic rings. The van der Waals surface area contributed by atoms with Gasteiger partial charge in [-0.1, -0.05) is 48.5 Å². The Hall–Kier alpha value is -5.04. The van der Waals surface area contributed by atoms with Crippen LogP contribution in [0.3, 0.4) is 0 Å². The number of imide groups is 1. The third kappa shape index (κ3) is 4.18. The zero-order valence-electron chi connectivity index (χ0n) is 18.2. The van der Waals surface area contributed by atoms with Gasteiger partial charge in [0.25, 0.3) is 11.8 Å². The minimum atomic E-state index is -0.761. The van der Waals surface area contributed by atoms with Crippen molar-refractivity contribution in [1.29, 1.82) is 0 Å². The van der Waals surface area contributed by atoms with Gasteiger partial charge < -0.3 is 9.47 Å². The number of carbonyl (C=O) groups is 4. The number of benzene rings is 4. The van der Waals surface area contributed by atoms with Crippen LogP contribution in [0.2, 0.25) is 0 Å². The van der Waals surface area contributed by atoms with Gasteiger partial charge in [-0.3, -0.25) is 9.59 Å². The van der Waals surface area contributed by atoms with Gasteiger partial charge in [-0.05, 0) is 54.6 Å². The summed E-state index contributed by atoms with van der Waals surface area (Å²) >= 11 is 0. The molecule has 1 aliphatic heterocycles. The van der Waals surface area contributed by atoms with Gasteiger partial charge in [-0.15, -0.1) is 0 Å². The molecule has 0 aliphatic carbocycles. The lowest BCUT2D eigenvalue weighted by Gasteiger charge is -2.15. The molecule has 4 aromatic rings. The van der Waals surface area contributed by atoms with Gasteiger partial charge in [0.15, 0.2) is 0 Å². The van der Waals surface area contributed by atoms with Gasteiger partial charge in [0.2, 0.25) is 0 Å². The normalized spacial score (nSPS) is 12.3. The first-order chi connectivity index (χ1) is 17.0. The molecular formula is C28H17NO6. The van der Waals surface area contributed by atoms with Crippen molar-refractivity contribution >= 4 is 29.4 Å². The molecule has 0 spiro atoms. The number of hydrogen-bond donors (Lipinski definition) is 0. The summed E-state index contributed by atoms with van der Waals surface area (Å²) in [5.41, 5.74) is 1.02. The van der Waals surface area contributed by atoms with E-state index in [1.54, 1.807) is 78.9 Å². The van der Waals surface area contributed by atoms with E-state index in [4.69, 9.17) is 9.47 Å². The van der Waals surface area contributed by atoms with Crippen molar-refractivity contribution in [2.75, 3.05) is 4.90 Å². The molecule has 0 unspecified atom stereocenters. The number of nitrogens with zero attached hydrogens (tertiary/aromatic N) is 1. The van der Waals surface area contributed by atoms with Gasteiger partial charge in [0.1, 0.15) is 17.1 Å². The first-order valence-corrected chi connectivity index (χ1v) is 10.7. The van der Waals surface area contributed by atoms with Crippen LogP contribution < -0.4 is 14.4 Å². The molecule has 7 heteroatoms. The Morgan fingerprint density at radius 1 is 0.600 bits per heavy atom. The maximum absolute atomic E-state index is 12.9. The third-order valence-corrected chi connectivity index (χ3v) is 5.40. The quantitative estimate of drug-likeness (QED) is 0.237. The fourth-order valence-electron chi connectivity index (χ4n) is 3.73. The number of hydrogen-bond acceptors (Lipinski definition) is 6. The van der Waals surface area contributed by atoms with E-state index in [1.807, 2.05) is 0 Å². The van der Waals surface area contributed by atoms with E-state index in [2.05, 4.69) is 0 Å². The summed E-state index contributed by atoms with van der Waals surface area (Å²) in [4.78, 5) is 52.2. The Labute approximate surface area is 200 Å². The van der Waals surface area contributed by atoms with Crippen LogP contribution in [0.1, 0.15) is 41.4 Å². The second-order valence-electron chi connectivity index (χ2n) is 7.63. The highest BCUT2D eigenvalue weighted by Crippen LogP contribution is 2.29. The molecule has 170 valence electrons. The Balaban J connectivity index is 1.38. The van der Waals surface area contributed by atoms with Crippen molar-refractivity contribution in [2.24, 2.45) is 0 Å². The highest BCUT2D eigenvalue weighted by atomic mass is 16.5. The Bertz CT molecular complexity index is 1440. The summed E-state index contributed by atoms with van der Waals surface area (Å²) in [7, 11) is 0. The molecule has 0 N–H and O–H groups in total. The molecule has 0 bridgehead atoms. The standard InChI is InChI=1S/C28H17NO6/c30-25-21-13-4-5-14-22(21)26(31)29(25)19-10-8-9-18(17-19)27(32)35-24-16-7-6-15-23(24)28(33)34-20-11-2-1-3-12-20/h1-17H. The van der Waals surface area contributed by atoms with Gasteiger partial charge in [0, 0.05) is 0 Å². The van der Waals surface area contributed by atoms with E-state index in [1.165, 1.54) is 24.3 Å². The molecule has 7 nitrogen and oxygen atoms in total. The topological polar surface area (TPSA) is 90.0 Å². The van der Waals surface area contributed by atoms with Crippen LogP contribution in [0.5, 0.6) is 11.5 Å². The molecule has 0 atom stereocenters. The summed E-state index contributed by atoms with van der Waals surface area (Å²) in [6.45, 7) is 0. The van der Waals surface area contributed by atoms with Crippen LogP contribution in [0, 0.1) is 0 Å². The lowest BCUT2D eigenvalue weighted by atomic mass is 10.1. The molecule has 0 fully saturated rings. The number of ether oxygens (including phenoxy) is 2. The van der Waals surface area contributed by atoms with E-state index >= 15 is 0 Å². The number of esters is 2. The van der Waals surface area contributed by atoms with Crippen LogP contribution >= 0.6 is 0 Å². The van der Waals surface area contributed by atoms with Gasteiger partial charge in [0.05, 0.1) is 22.4 Å². The number of rotatable bonds is 5. The summed E-state index contributed by atoms with van der Waals surface area (Å²) < 4.78 is 10.9. The number of para-hydroxylation sites is 2. The van der Waals surface area contributed by atoms with Crippen LogP contribution in [-0.2, 0) is 0 Å². The monoisotopic (exact) mass is 463 g/mol. The molecule has 0 saturated carbocycles. The summed E-state index contributed by atoms with van der Waals surface area (Å²) in [5.74, 6) is -2.00. The number of anilines is 1. The van der Waals surface area contributed by atoms with Crippen LogP contribution in [-0.4, -0.2) is 23.8 Å². The maximum Gasteiger partial charge on any atom is 0.347 e. The molecule has 0 aromatic heterocycles. The lowest BCUT2D eigenvalue weighted by molar-refractivity contribution is 0.0705. The third-order valence-electron chi connectivity index (χ3n) is 5.40. The second kappa shape index (κ2) is 9.07. The van der Waals surface area contributed by atoms with E-state index in [9.17, 15) is 19.2 Å². The highest BCUT2D eigenvalue weighted by Gasteiger charge is 2.36. The van der Waals surface area contributed by atoms with Crippen molar-refractivity contribution in [1.82, 2.24) is 0 Å². The molecule has 5 rings (SSSR count). The van der Waals surface area contributed by atoms with Gasteiger partial charge in [-0.25, -0.2) is 14.5 Å². The fourth-order valence-corrected chi connectivity index (χ4v) is 3.73. The SMILES string of the molecule is O=C(Oc1ccccc1C(=O)Oc1ccccc1)c1cccc(N2C(=O)c3ccccc3C2=O)c1. The summed E-state index contributed by atoms with van der Waals surface area (Å²) in [6, 6.07) is 27.3.